The fourth-order valence-corrected chi connectivity index (χ4v) is 3.57. The average molecular weight is 337 g/mol. The zero-order valence-corrected chi connectivity index (χ0v) is 13.9. The van der Waals surface area contributed by atoms with E-state index in [-0.39, 0.29) is 16.4 Å². The lowest BCUT2D eigenvalue weighted by atomic mass is 10.1. The first-order chi connectivity index (χ1) is 11.5. The third-order valence-electron chi connectivity index (χ3n) is 3.70. The summed E-state index contributed by atoms with van der Waals surface area (Å²) in [6, 6.07) is 15.7. The molecule has 3 rings (SSSR count). The van der Waals surface area contributed by atoms with Gasteiger partial charge in [0.15, 0.2) is 0 Å². The van der Waals surface area contributed by atoms with Crippen molar-refractivity contribution in [3.05, 3.63) is 76.2 Å². The Morgan fingerprint density at radius 2 is 1.88 bits per heavy atom. The molecule has 1 aliphatic heterocycles. The molecule has 0 unspecified atom stereocenters. The van der Waals surface area contributed by atoms with E-state index in [1.54, 1.807) is 18.2 Å². The summed E-state index contributed by atoms with van der Waals surface area (Å²) >= 11 is 0. The minimum absolute atomic E-state index is 0.110. The number of ether oxygens (including phenoxy) is 1. The van der Waals surface area contributed by atoms with Crippen LogP contribution in [0.1, 0.15) is 11.1 Å². The minimum Gasteiger partial charge on any atom is -0.488 e. The maximum Gasteiger partial charge on any atom is 0.216 e. The summed E-state index contributed by atoms with van der Waals surface area (Å²) in [4.78, 5) is -0.181. The number of hydrogen-bond donors (Lipinski definition) is 0. The predicted octanol–water partition coefficient (Wildman–Crippen LogP) is 3.65. The molecule has 0 N–H and O–H groups in total. The summed E-state index contributed by atoms with van der Waals surface area (Å²) in [6.07, 6.45) is 3.21. The molecule has 2 aromatic rings. The number of allylic oxidation sites excluding steroid dienone is 1. The third-order valence-corrected chi connectivity index (χ3v) is 5.38. The minimum atomic E-state index is -3.84. The molecule has 120 valence electrons. The largest absolute Gasteiger partial charge is 0.488 e. The lowest BCUT2D eigenvalue weighted by Gasteiger charge is -2.16. The van der Waals surface area contributed by atoms with Gasteiger partial charge in [-0.2, -0.15) is 5.26 Å². The fraction of sp³-hybridized carbons (Fsp3) is 0.105. The van der Waals surface area contributed by atoms with E-state index >= 15 is 0 Å². The van der Waals surface area contributed by atoms with Gasteiger partial charge < -0.3 is 4.74 Å². The highest BCUT2D eigenvalue weighted by Crippen LogP contribution is 2.28. The fourth-order valence-electron chi connectivity index (χ4n) is 2.40. The normalized spacial score (nSPS) is 14.2. The second kappa shape index (κ2) is 6.34. The summed E-state index contributed by atoms with van der Waals surface area (Å²) < 4.78 is 30.9. The summed E-state index contributed by atoms with van der Waals surface area (Å²) in [7, 11) is -3.84. The Labute approximate surface area is 141 Å². The van der Waals surface area contributed by atoms with Gasteiger partial charge in [-0.15, -0.1) is 0 Å². The molecule has 2 aromatic carbocycles. The smallest absolute Gasteiger partial charge is 0.216 e. The van der Waals surface area contributed by atoms with Crippen molar-refractivity contribution >= 4 is 15.9 Å². The molecule has 0 saturated heterocycles. The Balaban J connectivity index is 2.00. The second-order valence-corrected chi connectivity index (χ2v) is 7.40. The van der Waals surface area contributed by atoms with Crippen LogP contribution in [0.3, 0.4) is 0 Å². The number of rotatable bonds is 3. The first kappa shape index (κ1) is 16.0. The van der Waals surface area contributed by atoms with E-state index in [1.807, 2.05) is 37.3 Å². The number of hydrogen-bond acceptors (Lipinski definition) is 4. The number of para-hydroxylation sites is 1. The summed E-state index contributed by atoms with van der Waals surface area (Å²) in [6.45, 7) is 2.10. The monoisotopic (exact) mass is 337 g/mol. The van der Waals surface area contributed by atoms with E-state index in [0.717, 1.165) is 16.9 Å². The van der Waals surface area contributed by atoms with Crippen molar-refractivity contribution in [2.24, 2.45) is 0 Å². The van der Waals surface area contributed by atoms with Crippen molar-refractivity contribution in [3.8, 4) is 11.8 Å². The lowest BCUT2D eigenvalue weighted by Crippen LogP contribution is -2.09. The van der Waals surface area contributed by atoms with E-state index in [9.17, 15) is 13.7 Å². The first-order valence-electron chi connectivity index (χ1n) is 7.36. The second-order valence-electron chi connectivity index (χ2n) is 5.48. The summed E-state index contributed by atoms with van der Waals surface area (Å²) in [5.74, 6) is 0.745. The van der Waals surface area contributed by atoms with Crippen LogP contribution in [0.15, 0.2) is 70.0 Å². The van der Waals surface area contributed by atoms with Crippen LogP contribution in [0, 0.1) is 18.3 Å². The molecule has 4 nitrogen and oxygen atoms in total. The van der Waals surface area contributed by atoms with Gasteiger partial charge in [-0.05, 0) is 42.8 Å². The van der Waals surface area contributed by atoms with E-state index in [1.165, 1.54) is 18.2 Å². The number of aryl methyl sites for hydroxylation is 1. The van der Waals surface area contributed by atoms with Crippen LogP contribution in [0.25, 0.3) is 6.08 Å². The van der Waals surface area contributed by atoms with Gasteiger partial charge in [-0.3, -0.25) is 0 Å². The van der Waals surface area contributed by atoms with Gasteiger partial charge in [0.25, 0.3) is 0 Å². The molecule has 0 radical (unpaired) electrons. The number of fused-ring (bicyclic) bond motifs is 1. The van der Waals surface area contributed by atoms with E-state index in [2.05, 4.69) is 0 Å². The van der Waals surface area contributed by atoms with Gasteiger partial charge in [0.05, 0.1) is 4.90 Å². The van der Waals surface area contributed by atoms with Crippen molar-refractivity contribution in [3.63, 3.8) is 0 Å². The van der Waals surface area contributed by atoms with Crippen molar-refractivity contribution in [1.82, 2.24) is 0 Å². The molecule has 1 heterocycles. The van der Waals surface area contributed by atoms with Crippen LogP contribution in [-0.4, -0.2) is 15.0 Å². The van der Waals surface area contributed by atoms with Gasteiger partial charge in [-0.1, -0.05) is 35.9 Å². The predicted molar refractivity (Wildman–Crippen MR) is 92.0 cm³/mol. The quantitative estimate of drug-likeness (QED) is 0.802. The van der Waals surface area contributed by atoms with Crippen molar-refractivity contribution < 1.29 is 13.2 Å². The molecule has 0 spiro atoms. The highest BCUT2D eigenvalue weighted by atomic mass is 32.2. The van der Waals surface area contributed by atoms with Gasteiger partial charge in [0.1, 0.15) is 23.3 Å². The molecule has 1 aliphatic rings. The molecule has 0 aliphatic carbocycles. The molecular formula is C19H15NO3S. The molecule has 0 fully saturated rings. The Morgan fingerprint density at radius 3 is 2.58 bits per heavy atom. The van der Waals surface area contributed by atoms with Crippen LogP contribution >= 0.6 is 0 Å². The van der Waals surface area contributed by atoms with Crippen LogP contribution in [0.4, 0.5) is 0 Å². The van der Waals surface area contributed by atoms with Crippen molar-refractivity contribution in [2.45, 2.75) is 11.8 Å². The van der Waals surface area contributed by atoms with E-state index < -0.39 is 9.84 Å². The zero-order chi connectivity index (χ0) is 17.2. The number of benzene rings is 2. The van der Waals surface area contributed by atoms with Crippen LogP contribution in [0.2, 0.25) is 0 Å². The molecule has 0 amide bonds. The molecule has 0 saturated carbocycles. The lowest BCUT2D eigenvalue weighted by molar-refractivity contribution is 0.351. The van der Waals surface area contributed by atoms with Crippen molar-refractivity contribution in [1.29, 1.82) is 5.26 Å². The SMILES string of the molecule is Cc1ccc(S(=O)(=O)/C(C#N)=C\C2=Cc3ccccc3OC2)cc1. The number of sulfone groups is 1. The van der Waals surface area contributed by atoms with Gasteiger partial charge in [-0.25, -0.2) is 8.42 Å². The third kappa shape index (κ3) is 3.10. The zero-order valence-electron chi connectivity index (χ0n) is 13.1. The molecule has 5 heteroatoms. The average Bonchev–Trinajstić information content (AvgIpc) is 2.59. The van der Waals surface area contributed by atoms with Crippen molar-refractivity contribution in [2.75, 3.05) is 6.61 Å². The maximum atomic E-state index is 12.6. The highest BCUT2D eigenvalue weighted by molar-refractivity contribution is 7.95. The molecule has 0 bridgehead atoms. The molecule has 24 heavy (non-hydrogen) atoms. The summed E-state index contributed by atoms with van der Waals surface area (Å²) in [5, 5.41) is 9.34. The molecule has 0 aromatic heterocycles. The van der Waals surface area contributed by atoms with Gasteiger partial charge in [0.2, 0.25) is 9.84 Å². The Morgan fingerprint density at radius 1 is 1.17 bits per heavy atom. The molecule has 0 atom stereocenters. The highest BCUT2D eigenvalue weighted by Gasteiger charge is 2.21. The maximum absolute atomic E-state index is 12.6. The molecular weight excluding hydrogens is 322 g/mol. The van der Waals surface area contributed by atoms with Gasteiger partial charge >= 0.3 is 0 Å². The number of nitriles is 1. The Kier molecular flexibility index (Phi) is 4.24. The van der Waals surface area contributed by atoms with E-state index in [4.69, 9.17) is 4.74 Å². The van der Waals surface area contributed by atoms with Gasteiger partial charge in [0, 0.05) is 5.56 Å². The van der Waals surface area contributed by atoms with Crippen LogP contribution < -0.4 is 4.74 Å². The number of nitrogens with zero attached hydrogens (tertiary/aromatic N) is 1. The topological polar surface area (TPSA) is 67.2 Å². The Bertz CT molecular complexity index is 978. The first-order valence-corrected chi connectivity index (χ1v) is 8.85. The van der Waals surface area contributed by atoms with E-state index in [0.29, 0.717) is 5.57 Å². The standard InChI is InChI=1S/C19H15NO3S/c1-14-6-8-17(9-7-14)24(21,22)18(12-20)11-15-10-16-4-2-3-5-19(16)23-13-15/h2-11H,13H2,1H3/b18-11-. The Hall–Kier alpha value is -2.84. The van der Waals surface area contributed by atoms with Crippen LogP contribution in [-0.2, 0) is 9.84 Å². The summed E-state index contributed by atoms with van der Waals surface area (Å²) in [5.41, 5.74) is 2.46. The van der Waals surface area contributed by atoms with Crippen LogP contribution in [0.5, 0.6) is 5.75 Å².